The highest BCUT2D eigenvalue weighted by atomic mass is 15.2. The average Bonchev–Trinajstić information content (AvgIpc) is 2.84. The van der Waals surface area contributed by atoms with E-state index in [-0.39, 0.29) is 0 Å². The Labute approximate surface area is 108 Å². The Bertz CT molecular complexity index is 528. The van der Waals surface area contributed by atoms with E-state index in [1.54, 1.807) is 10.9 Å². The fraction of sp³-hybridized carbons (Fsp3) is 0.267. The van der Waals surface area contributed by atoms with Gasteiger partial charge in [0.2, 0.25) is 0 Å². The molecule has 0 amide bonds. The van der Waals surface area contributed by atoms with Gasteiger partial charge in [0.25, 0.3) is 0 Å². The number of aromatic nitrogens is 2. The van der Waals surface area contributed by atoms with Crippen molar-refractivity contribution in [3.05, 3.63) is 59.9 Å². The first-order valence-electron chi connectivity index (χ1n) is 6.15. The molecule has 0 aliphatic heterocycles. The lowest BCUT2D eigenvalue weighted by Crippen LogP contribution is -2.18. The second kappa shape index (κ2) is 5.65. The summed E-state index contributed by atoms with van der Waals surface area (Å²) < 4.78 is 1.72. The van der Waals surface area contributed by atoms with Gasteiger partial charge >= 0.3 is 0 Å². The van der Waals surface area contributed by atoms with Crippen molar-refractivity contribution in [1.82, 2.24) is 15.1 Å². The molecule has 2 aromatic rings. The molecule has 2 rings (SSSR count). The Kier molecular flexibility index (Phi) is 3.95. The van der Waals surface area contributed by atoms with E-state index >= 15 is 0 Å². The third-order valence-electron chi connectivity index (χ3n) is 3.11. The number of nitrogens with zero attached hydrogens (tertiary/aromatic N) is 2. The number of benzene rings is 1. The zero-order valence-electron chi connectivity index (χ0n) is 10.9. The number of rotatable bonds is 5. The molecule has 0 saturated carbocycles. The zero-order valence-corrected chi connectivity index (χ0v) is 10.9. The third-order valence-corrected chi connectivity index (χ3v) is 3.11. The van der Waals surface area contributed by atoms with Crippen LogP contribution in [0.1, 0.15) is 29.7 Å². The number of aryl methyl sites for hydroxylation is 1. The van der Waals surface area contributed by atoms with Crippen molar-refractivity contribution in [2.75, 3.05) is 0 Å². The molecule has 0 saturated heterocycles. The summed E-state index contributed by atoms with van der Waals surface area (Å²) in [5.74, 6) is 0. The van der Waals surface area contributed by atoms with Crippen LogP contribution < -0.4 is 5.32 Å². The Hall–Kier alpha value is -1.87. The summed E-state index contributed by atoms with van der Waals surface area (Å²) in [7, 11) is 0. The summed E-state index contributed by atoms with van der Waals surface area (Å²) in [6.45, 7) is 8.81. The van der Waals surface area contributed by atoms with Crippen molar-refractivity contribution in [3.63, 3.8) is 0 Å². The maximum atomic E-state index is 4.16. The molecule has 0 radical (unpaired) electrons. The monoisotopic (exact) mass is 241 g/mol. The molecule has 1 N–H and O–H groups in total. The van der Waals surface area contributed by atoms with Gasteiger partial charge in [0.05, 0.1) is 6.20 Å². The predicted molar refractivity (Wildman–Crippen MR) is 75.0 cm³/mol. The lowest BCUT2D eigenvalue weighted by Gasteiger charge is -2.15. The van der Waals surface area contributed by atoms with Gasteiger partial charge in [-0.25, -0.2) is 4.68 Å². The first kappa shape index (κ1) is 12.6. The normalized spacial score (nSPS) is 12.3. The Balaban J connectivity index is 1.98. The Morgan fingerprint density at radius 1 is 1.44 bits per heavy atom. The van der Waals surface area contributed by atoms with E-state index in [1.807, 2.05) is 12.4 Å². The highest BCUT2D eigenvalue weighted by Gasteiger charge is 2.07. The maximum absolute atomic E-state index is 4.16. The zero-order chi connectivity index (χ0) is 13.0. The van der Waals surface area contributed by atoms with Crippen LogP contribution in [0.4, 0.5) is 0 Å². The second-order valence-electron chi connectivity index (χ2n) is 4.47. The average molecular weight is 241 g/mol. The minimum Gasteiger partial charge on any atom is -0.306 e. The molecule has 1 aromatic carbocycles. The molecule has 0 spiro atoms. The van der Waals surface area contributed by atoms with Crippen LogP contribution in [-0.2, 0) is 6.54 Å². The summed E-state index contributed by atoms with van der Waals surface area (Å²) in [5, 5.41) is 7.67. The van der Waals surface area contributed by atoms with E-state index in [0.717, 1.165) is 12.1 Å². The molecule has 18 heavy (non-hydrogen) atoms. The van der Waals surface area contributed by atoms with Gasteiger partial charge < -0.3 is 5.32 Å². The molecule has 1 aromatic heterocycles. The van der Waals surface area contributed by atoms with Gasteiger partial charge in [0.15, 0.2) is 0 Å². The molecule has 0 fully saturated rings. The van der Waals surface area contributed by atoms with Crippen LogP contribution in [-0.4, -0.2) is 9.78 Å². The van der Waals surface area contributed by atoms with Crippen LogP contribution in [0.2, 0.25) is 0 Å². The summed E-state index contributed by atoms with van der Waals surface area (Å²) in [6, 6.07) is 8.79. The minimum absolute atomic E-state index is 0.332. The fourth-order valence-corrected chi connectivity index (χ4v) is 2.02. The fourth-order valence-electron chi connectivity index (χ4n) is 2.02. The van der Waals surface area contributed by atoms with E-state index in [9.17, 15) is 0 Å². The first-order valence-corrected chi connectivity index (χ1v) is 6.15. The predicted octanol–water partition coefficient (Wildman–Crippen LogP) is 3.14. The van der Waals surface area contributed by atoms with Crippen LogP contribution in [0, 0.1) is 6.92 Å². The van der Waals surface area contributed by atoms with Crippen molar-refractivity contribution in [1.29, 1.82) is 0 Å². The molecular formula is C15H19N3. The Morgan fingerprint density at radius 2 is 2.22 bits per heavy atom. The molecule has 0 unspecified atom stereocenters. The highest BCUT2D eigenvalue weighted by molar-refractivity contribution is 5.28. The second-order valence-corrected chi connectivity index (χ2v) is 4.47. The van der Waals surface area contributed by atoms with E-state index in [0.29, 0.717) is 6.04 Å². The van der Waals surface area contributed by atoms with Gasteiger partial charge in [-0.15, -0.1) is 0 Å². The van der Waals surface area contributed by atoms with Gasteiger partial charge in [0, 0.05) is 30.5 Å². The molecule has 0 bridgehead atoms. The van der Waals surface area contributed by atoms with Crippen molar-refractivity contribution < 1.29 is 0 Å². The van der Waals surface area contributed by atoms with Crippen LogP contribution in [0.25, 0.3) is 6.20 Å². The molecule has 3 nitrogen and oxygen atoms in total. The molecule has 94 valence electrons. The van der Waals surface area contributed by atoms with Crippen LogP contribution >= 0.6 is 0 Å². The third kappa shape index (κ3) is 2.87. The summed E-state index contributed by atoms with van der Waals surface area (Å²) in [4.78, 5) is 0. The van der Waals surface area contributed by atoms with Crippen molar-refractivity contribution >= 4 is 6.20 Å². The van der Waals surface area contributed by atoms with Crippen LogP contribution in [0.15, 0.2) is 43.2 Å². The molecule has 3 heteroatoms. The van der Waals surface area contributed by atoms with Gasteiger partial charge in [-0.1, -0.05) is 30.8 Å². The molecule has 0 aliphatic rings. The smallest absolute Gasteiger partial charge is 0.0538 e. The van der Waals surface area contributed by atoms with Crippen LogP contribution in [0.5, 0.6) is 0 Å². The quantitative estimate of drug-likeness (QED) is 0.871. The van der Waals surface area contributed by atoms with Gasteiger partial charge in [-0.2, -0.15) is 5.10 Å². The lowest BCUT2D eigenvalue weighted by molar-refractivity contribution is 0.572. The minimum atomic E-state index is 0.332. The first-order chi connectivity index (χ1) is 8.70. The van der Waals surface area contributed by atoms with Gasteiger partial charge in [0.1, 0.15) is 0 Å². The van der Waals surface area contributed by atoms with Crippen LogP contribution in [0.3, 0.4) is 0 Å². The Morgan fingerprint density at radius 3 is 2.89 bits per heavy atom. The standard InChI is InChI=1S/C15H19N3/c1-4-18-11-14(10-17-18)9-16-13(3)15-8-6-5-7-12(15)2/h4-8,10-11,13,16H,1,9H2,2-3H3/t13-/m1/s1. The summed E-state index contributed by atoms with van der Waals surface area (Å²) in [5.41, 5.74) is 3.82. The summed E-state index contributed by atoms with van der Waals surface area (Å²) in [6.07, 6.45) is 5.53. The maximum Gasteiger partial charge on any atom is 0.0538 e. The van der Waals surface area contributed by atoms with Gasteiger partial charge in [-0.05, 0) is 25.0 Å². The molecule has 0 aliphatic carbocycles. The topological polar surface area (TPSA) is 29.9 Å². The van der Waals surface area contributed by atoms with Crippen molar-refractivity contribution in [2.45, 2.75) is 26.4 Å². The SMILES string of the molecule is C=Cn1cc(CN[C@H](C)c2ccccc2C)cn1. The highest BCUT2D eigenvalue weighted by Crippen LogP contribution is 2.17. The summed E-state index contributed by atoms with van der Waals surface area (Å²) >= 11 is 0. The van der Waals surface area contributed by atoms with E-state index in [4.69, 9.17) is 0 Å². The molecule has 1 heterocycles. The number of nitrogens with one attached hydrogen (secondary N) is 1. The van der Waals surface area contributed by atoms with E-state index < -0.39 is 0 Å². The largest absolute Gasteiger partial charge is 0.306 e. The molecular weight excluding hydrogens is 222 g/mol. The van der Waals surface area contributed by atoms with Gasteiger partial charge in [-0.3, -0.25) is 0 Å². The lowest BCUT2D eigenvalue weighted by atomic mass is 10.0. The van der Waals surface area contributed by atoms with E-state index in [2.05, 4.69) is 55.1 Å². The number of hydrogen-bond acceptors (Lipinski definition) is 2. The van der Waals surface area contributed by atoms with E-state index in [1.165, 1.54) is 11.1 Å². The van der Waals surface area contributed by atoms with Crippen molar-refractivity contribution in [2.24, 2.45) is 0 Å². The van der Waals surface area contributed by atoms with Crippen molar-refractivity contribution in [3.8, 4) is 0 Å². The number of hydrogen-bond donors (Lipinski definition) is 1. The molecule has 1 atom stereocenters.